The van der Waals surface area contributed by atoms with Crippen molar-refractivity contribution in [3.63, 3.8) is 0 Å². The van der Waals surface area contributed by atoms with Crippen LogP contribution in [0.25, 0.3) is 0 Å². The van der Waals surface area contributed by atoms with Crippen LogP contribution in [0.15, 0.2) is 10.9 Å². The third kappa shape index (κ3) is 6.48. The minimum atomic E-state index is -1.33. The first-order valence-corrected chi connectivity index (χ1v) is 12.9. The van der Waals surface area contributed by atoms with Gasteiger partial charge in [-0.05, 0) is 69.9 Å². The molecule has 0 aromatic carbocycles. The number of hydrogen-bond donors (Lipinski definition) is 4. The Hall–Kier alpha value is -2.19. The van der Waals surface area contributed by atoms with Gasteiger partial charge in [0.05, 0.1) is 19.3 Å². The maximum atomic E-state index is 13.6. The maximum Gasteiger partial charge on any atom is 0.263 e. The van der Waals surface area contributed by atoms with Crippen molar-refractivity contribution in [3.05, 3.63) is 33.2 Å². The monoisotopic (exact) mass is 475 g/mol. The van der Waals surface area contributed by atoms with Crippen molar-refractivity contribution >= 4 is 11.8 Å². The Bertz CT molecular complexity index is 914. The predicted octanol–water partition coefficient (Wildman–Crippen LogP) is 2.07. The van der Waals surface area contributed by atoms with Crippen molar-refractivity contribution in [1.82, 2.24) is 15.2 Å². The molecule has 2 amide bonds. The maximum absolute atomic E-state index is 13.6. The Morgan fingerprint density at radius 1 is 1.03 bits per heavy atom. The second kappa shape index (κ2) is 12.0. The second-order valence-electron chi connectivity index (χ2n) is 10.5. The average molecular weight is 476 g/mol. The number of hydrogen-bond acceptors (Lipinski definition) is 5. The number of fused-ring (bicyclic) bond motifs is 1. The van der Waals surface area contributed by atoms with Crippen LogP contribution in [0, 0.1) is 5.92 Å². The molecule has 0 unspecified atom stereocenters. The molecular weight excluding hydrogens is 434 g/mol. The summed E-state index contributed by atoms with van der Waals surface area (Å²) in [6.07, 6.45) is 11.9. The van der Waals surface area contributed by atoms with E-state index < -0.39 is 36.6 Å². The van der Waals surface area contributed by atoms with Gasteiger partial charge < -0.3 is 25.4 Å². The number of aliphatic hydroxyl groups excluding tert-OH is 2. The number of nitrogens with zero attached hydrogens (tertiary/aromatic N) is 1. The lowest BCUT2D eigenvalue weighted by atomic mass is 9.88. The molecule has 1 heterocycles. The van der Waals surface area contributed by atoms with Gasteiger partial charge in [0.2, 0.25) is 5.91 Å². The van der Waals surface area contributed by atoms with Crippen molar-refractivity contribution in [1.29, 1.82) is 0 Å². The Labute approximate surface area is 202 Å². The van der Waals surface area contributed by atoms with Gasteiger partial charge in [-0.2, -0.15) is 0 Å². The summed E-state index contributed by atoms with van der Waals surface area (Å²) in [6, 6.07) is 0.932. The highest BCUT2D eigenvalue weighted by molar-refractivity contribution is 5.99. The summed E-state index contributed by atoms with van der Waals surface area (Å²) < 4.78 is 1.87. The molecule has 0 spiro atoms. The first-order valence-electron chi connectivity index (χ1n) is 12.9. The first kappa shape index (κ1) is 26.4. The van der Waals surface area contributed by atoms with E-state index in [0.717, 1.165) is 62.6 Å². The molecule has 2 aliphatic carbocycles. The van der Waals surface area contributed by atoms with Gasteiger partial charge in [0.25, 0.3) is 11.5 Å². The van der Waals surface area contributed by atoms with E-state index in [0.29, 0.717) is 12.5 Å². The fourth-order valence-corrected chi connectivity index (χ4v) is 5.14. The summed E-state index contributed by atoms with van der Waals surface area (Å²) in [4.78, 5) is 39.6. The number of aliphatic hydroxyl groups is 2. The zero-order chi connectivity index (χ0) is 24.7. The van der Waals surface area contributed by atoms with E-state index in [1.165, 1.54) is 19.3 Å². The quantitative estimate of drug-likeness (QED) is 0.459. The Morgan fingerprint density at radius 2 is 1.65 bits per heavy atom. The average Bonchev–Trinajstić information content (AvgIpc) is 2.80. The topological polar surface area (TPSA) is 121 Å². The van der Waals surface area contributed by atoms with E-state index in [1.807, 2.05) is 4.57 Å². The van der Waals surface area contributed by atoms with Crippen LogP contribution in [-0.4, -0.2) is 51.4 Å². The molecule has 190 valence electrons. The van der Waals surface area contributed by atoms with Crippen LogP contribution in [-0.2, 0) is 24.2 Å². The summed E-state index contributed by atoms with van der Waals surface area (Å²) in [5.41, 5.74) is 0.629. The fraction of sp³-hybridized carbons (Fsp3) is 0.731. The Morgan fingerprint density at radius 3 is 2.29 bits per heavy atom. The lowest BCUT2D eigenvalue weighted by Crippen LogP contribution is -2.58. The van der Waals surface area contributed by atoms with E-state index in [4.69, 9.17) is 0 Å². The Balaban J connectivity index is 1.91. The highest BCUT2D eigenvalue weighted by atomic mass is 16.3. The third-order valence-electron chi connectivity index (χ3n) is 7.28. The molecule has 1 aromatic heterocycles. The van der Waals surface area contributed by atoms with Crippen LogP contribution < -0.4 is 16.2 Å². The number of amides is 2. The van der Waals surface area contributed by atoms with Gasteiger partial charge in [0.15, 0.2) is 0 Å². The lowest BCUT2D eigenvalue weighted by molar-refractivity contribution is -0.127. The lowest BCUT2D eigenvalue weighted by Gasteiger charge is -2.29. The highest BCUT2D eigenvalue weighted by Gasteiger charge is 2.33. The van der Waals surface area contributed by atoms with E-state index in [9.17, 15) is 24.6 Å². The largest absolute Gasteiger partial charge is 0.394 e. The molecule has 0 saturated heterocycles. The summed E-state index contributed by atoms with van der Waals surface area (Å²) >= 11 is 0. The van der Waals surface area contributed by atoms with Crippen LogP contribution in [0.3, 0.4) is 0 Å². The van der Waals surface area contributed by atoms with Crippen LogP contribution in [0.4, 0.5) is 0 Å². The molecule has 3 rings (SSSR count). The van der Waals surface area contributed by atoms with Crippen LogP contribution in [0.5, 0.6) is 0 Å². The molecule has 0 radical (unpaired) electrons. The van der Waals surface area contributed by atoms with Gasteiger partial charge in [0.1, 0.15) is 11.1 Å². The first-order chi connectivity index (χ1) is 16.3. The number of pyridine rings is 1. The number of nitrogens with one attached hydrogen (secondary N) is 2. The molecule has 4 N–H and O–H groups in total. The smallest absolute Gasteiger partial charge is 0.263 e. The van der Waals surface area contributed by atoms with Crippen molar-refractivity contribution in [2.24, 2.45) is 5.92 Å². The predicted molar refractivity (Wildman–Crippen MR) is 131 cm³/mol. The van der Waals surface area contributed by atoms with E-state index in [1.54, 1.807) is 19.9 Å². The zero-order valence-electron chi connectivity index (χ0n) is 20.7. The second-order valence-corrected chi connectivity index (χ2v) is 10.5. The molecule has 0 aliphatic heterocycles. The Kier molecular flexibility index (Phi) is 9.31. The molecular formula is C26H41N3O5. The molecule has 2 aliphatic rings. The molecule has 8 nitrogen and oxygen atoms in total. The minimum Gasteiger partial charge on any atom is -0.394 e. The zero-order valence-corrected chi connectivity index (χ0v) is 20.7. The molecule has 1 aromatic rings. The molecule has 8 heteroatoms. The van der Waals surface area contributed by atoms with Crippen molar-refractivity contribution in [2.45, 2.75) is 103 Å². The van der Waals surface area contributed by atoms with Crippen LogP contribution in [0.1, 0.15) is 93.3 Å². The summed E-state index contributed by atoms with van der Waals surface area (Å²) in [5, 5.41) is 23.7. The van der Waals surface area contributed by atoms with Gasteiger partial charge in [-0.15, -0.1) is 0 Å². The van der Waals surface area contributed by atoms with Crippen molar-refractivity contribution in [3.8, 4) is 0 Å². The number of aryl methyl sites for hydroxylation is 1. The minimum absolute atomic E-state index is 0.0804. The molecule has 34 heavy (non-hydrogen) atoms. The SMILES string of the molecule is CC(C)(NC(=O)c1cc2c(n(CC3CCCCC3)c1=O)CCCCCC2)C(=O)NC(CO)CO. The number of carbonyl (C=O) groups excluding carboxylic acids is 2. The summed E-state index contributed by atoms with van der Waals surface area (Å²) in [5.74, 6) is -0.657. The fourth-order valence-electron chi connectivity index (χ4n) is 5.14. The van der Waals surface area contributed by atoms with E-state index in [2.05, 4.69) is 10.6 Å². The van der Waals surface area contributed by atoms with Crippen LogP contribution >= 0.6 is 0 Å². The molecule has 1 saturated carbocycles. The molecule has 0 atom stereocenters. The summed E-state index contributed by atoms with van der Waals surface area (Å²) in [6.45, 7) is 2.91. The number of aromatic nitrogens is 1. The van der Waals surface area contributed by atoms with E-state index in [-0.39, 0.29) is 11.1 Å². The van der Waals surface area contributed by atoms with Gasteiger partial charge in [-0.25, -0.2) is 0 Å². The number of carbonyl (C=O) groups is 2. The van der Waals surface area contributed by atoms with E-state index >= 15 is 0 Å². The van der Waals surface area contributed by atoms with Crippen LogP contribution in [0.2, 0.25) is 0 Å². The van der Waals surface area contributed by atoms with Crippen molar-refractivity contribution < 1.29 is 19.8 Å². The standard InChI is InChI=1S/C26H41N3O5/c1-26(2,25(34)27-20(16-30)17-31)28-23(32)21-14-19-12-8-3-4-9-13-22(19)29(24(21)33)15-18-10-6-5-7-11-18/h14,18,20,30-31H,3-13,15-17H2,1-2H3,(H,27,34)(H,28,32). The highest BCUT2D eigenvalue weighted by Crippen LogP contribution is 2.27. The number of rotatable bonds is 8. The van der Waals surface area contributed by atoms with Gasteiger partial charge in [-0.3, -0.25) is 14.4 Å². The third-order valence-corrected chi connectivity index (χ3v) is 7.28. The van der Waals surface area contributed by atoms with Gasteiger partial charge in [0, 0.05) is 12.2 Å². The van der Waals surface area contributed by atoms with Gasteiger partial charge >= 0.3 is 0 Å². The normalized spacial score (nSPS) is 17.6. The van der Waals surface area contributed by atoms with Crippen molar-refractivity contribution in [2.75, 3.05) is 13.2 Å². The molecule has 0 bridgehead atoms. The van der Waals surface area contributed by atoms with Gasteiger partial charge in [-0.1, -0.05) is 32.1 Å². The molecule has 1 fully saturated rings. The summed E-state index contributed by atoms with van der Waals surface area (Å²) in [7, 11) is 0.